The Bertz CT molecular complexity index is 1230. The molecule has 0 bridgehead atoms. The van der Waals surface area contributed by atoms with Crippen LogP contribution >= 0.6 is 0 Å². The van der Waals surface area contributed by atoms with Crippen molar-refractivity contribution >= 4 is 23.4 Å². The number of ketones is 1. The second kappa shape index (κ2) is 9.09. The van der Waals surface area contributed by atoms with Crippen molar-refractivity contribution < 1.29 is 19.4 Å². The molecular formula is C27H27N3O4. The fourth-order valence-electron chi connectivity index (χ4n) is 3.97. The zero-order valence-corrected chi connectivity index (χ0v) is 19.6. The van der Waals surface area contributed by atoms with E-state index >= 15 is 0 Å². The van der Waals surface area contributed by atoms with Crippen LogP contribution in [0.15, 0.2) is 72.6 Å². The number of amides is 1. The van der Waals surface area contributed by atoms with Crippen LogP contribution in [-0.2, 0) is 15.0 Å². The lowest BCUT2D eigenvalue weighted by molar-refractivity contribution is -0.132. The van der Waals surface area contributed by atoms with Gasteiger partial charge in [-0.05, 0) is 53.8 Å². The van der Waals surface area contributed by atoms with E-state index in [9.17, 15) is 14.7 Å². The normalized spacial score (nSPS) is 17.8. The van der Waals surface area contributed by atoms with Gasteiger partial charge in [-0.25, -0.2) is 9.97 Å². The van der Waals surface area contributed by atoms with E-state index in [4.69, 9.17) is 4.74 Å². The van der Waals surface area contributed by atoms with Gasteiger partial charge in [0.1, 0.15) is 11.5 Å². The summed E-state index contributed by atoms with van der Waals surface area (Å²) in [5.41, 5.74) is 2.12. The quantitative estimate of drug-likeness (QED) is 0.336. The number of carbonyl (C=O) groups excluding carboxylic acids is 2. The number of nitrogens with zero attached hydrogens (tertiary/aromatic N) is 3. The molecule has 1 saturated heterocycles. The van der Waals surface area contributed by atoms with Crippen molar-refractivity contribution in [2.24, 2.45) is 0 Å². The summed E-state index contributed by atoms with van der Waals surface area (Å²) >= 11 is 0. The van der Waals surface area contributed by atoms with Crippen LogP contribution in [0.25, 0.3) is 5.76 Å². The third-order valence-corrected chi connectivity index (χ3v) is 5.74. The summed E-state index contributed by atoms with van der Waals surface area (Å²) in [7, 11) is 0. The SMILES string of the molecule is CCOc1ccc(/C(O)=C2/C(=O)C(=O)N(c3ncccn3)C2c2ccc(C(C)(C)C)cc2)cc1. The molecule has 2 aromatic carbocycles. The Morgan fingerprint density at radius 1 is 1.00 bits per heavy atom. The predicted octanol–water partition coefficient (Wildman–Crippen LogP) is 4.80. The van der Waals surface area contributed by atoms with Gasteiger partial charge in [-0.3, -0.25) is 14.5 Å². The Labute approximate surface area is 198 Å². The molecule has 1 aliphatic rings. The van der Waals surface area contributed by atoms with E-state index in [1.807, 2.05) is 31.2 Å². The van der Waals surface area contributed by atoms with Gasteiger partial charge >= 0.3 is 5.91 Å². The number of hydrogen-bond acceptors (Lipinski definition) is 6. The van der Waals surface area contributed by atoms with Gasteiger partial charge in [-0.1, -0.05) is 45.0 Å². The van der Waals surface area contributed by atoms with Crippen molar-refractivity contribution in [2.45, 2.75) is 39.2 Å². The van der Waals surface area contributed by atoms with E-state index in [1.165, 1.54) is 17.3 Å². The van der Waals surface area contributed by atoms with Gasteiger partial charge in [0.05, 0.1) is 18.2 Å². The second-order valence-electron chi connectivity index (χ2n) is 9.05. The van der Waals surface area contributed by atoms with Gasteiger partial charge < -0.3 is 9.84 Å². The molecule has 4 rings (SSSR count). The van der Waals surface area contributed by atoms with Crippen molar-refractivity contribution in [2.75, 3.05) is 11.5 Å². The van der Waals surface area contributed by atoms with Crippen LogP contribution in [0.4, 0.5) is 5.95 Å². The van der Waals surface area contributed by atoms with Gasteiger partial charge in [0.15, 0.2) is 0 Å². The first-order valence-corrected chi connectivity index (χ1v) is 11.1. The molecule has 0 radical (unpaired) electrons. The Hall–Kier alpha value is -4.00. The maximum atomic E-state index is 13.2. The molecule has 1 atom stereocenters. The molecule has 1 fully saturated rings. The highest BCUT2D eigenvalue weighted by Gasteiger charge is 2.48. The minimum atomic E-state index is -0.872. The van der Waals surface area contributed by atoms with Crippen LogP contribution in [0.5, 0.6) is 5.75 Å². The maximum absolute atomic E-state index is 13.2. The van der Waals surface area contributed by atoms with Crippen molar-refractivity contribution in [1.29, 1.82) is 0 Å². The average Bonchev–Trinajstić information content (AvgIpc) is 3.10. The van der Waals surface area contributed by atoms with Crippen LogP contribution in [0.3, 0.4) is 0 Å². The monoisotopic (exact) mass is 457 g/mol. The van der Waals surface area contributed by atoms with Gasteiger partial charge in [0.2, 0.25) is 5.95 Å². The first kappa shape index (κ1) is 23.2. The zero-order valence-electron chi connectivity index (χ0n) is 19.6. The molecule has 7 heteroatoms. The smallest absolute Gasteiger partial charge is 0.302 e. The van der Waals surface area contributed by atoms with Crippen LogP contribution in [0.2, 0.25) is 0 Å². The first-order valence-electron chi connectivity index (χ1n) is 11.1. The lowest BCUT2D eigenvalue weighted by Crippen LogP contribution is -2.31. The predicted molar refractivity (Wildman–Crippen MR) is 130 cm³/mol. The fourth-order valence-corrected chi connectivity index (χ4v) is 3.97. The van der Waals surface area contributed by atoms with Crippen molar-refractivity contribution in [3.8, 4) is 5.75 Å². The molecule has 174 valence electrons. The van der Waals surface area contributed by atoms with E-state index in [0.717, 1.165) is 5.56 Å². The second-order valence-corrected chi connectivity index (χ2v) is 9.05. The molecule has 1 N–H and O–H groups in total. The Balaban J connectivity index is 1.87. The van der Waals surface area contributed by atoms with Gasteiger partial charge in [0, 0.05) is 18.0 Å². The van der Waals surface area contributed by atoms with E-state index in [0.29, 0.717) is 23.5 Å². The summed E-state index contributed by atoms with van der Waals surface area (Å²) in [6.07, 6.45) is 3.02. The molecule has 0 spiro atoms. The molecule has 1 aromatic heterocycles. The largest absolute Gasteiger partial charge is 0.507 e. The van der Waals surface area contributed by atoms with Gasteiger partial charge in [-0.15, -0.1) is 0 Å². The molecule has 0 aliphatic carbocycles. The Kier molecular flexibility index (Phi) is 6.20. The van der Waals surface area contributed by atoms with Gasteiger partial charge in [-0.2, -0.15) is 0 Å². The van der Waals surface area contributed by atoms with Crippen LogP contribution in [0.1, 0.15) is 50.4 Å². The number of Topliss-reactive ketones (excluding diaryl/α,β-unsaturated/α-hetero) is 1. The van der Waals surface area contributed by atoms with Crippen LogP contribution in [0, 0.1) is 0 Å². The Morgan fingerprint density at radius 2 is 1.62 bits per heavy atom. The third-order valence-electron chi connectivity index (χ3n) is 5.74. The minimum Gasteiger partial charge on any atom is -0.507 e. The molecular weight excluding hydrogens is 430 g/mol. The number of carbonyl (C=O) groups is 2. The molecule has 2 heterocycles. The third kappa shape index (κ3) is 4.29. The summed E-state index contributed by atoms with van der Waals surface area (Å²) in [5.74, 6) is -1.09. The van der Waals surface area contributed by atoms with Crippen molar-refractivity contribution in [3.63, 3.8) is 0 Å². The van der Waals surface area contributed by atoms with Crippen molar-refractivity contribution in [1.82, 2.24) is 9.97 Å². The highest BCUT2D eigenvalue weighted by atomic mass is 16.5. The molecule has 3 aromatic rings. The first-order chi connectivity index (χ1) is 16.2. The van der Waals surface area contributed by atoms with E-state index in [-0.39, 0.29) is 22.7 Å². The van der Waals surface area contributed by atoms with Crippen LogP contribution < -0.4 is 9.64 Å². The maximum Gasteiger partial charge on any atom is 0.302 e. The lowest BCUT2D eigenvalue weighted by atomic mass is 9.85. The average molecular weight is 458 g/mol. The highest BCUT2D eigenvalue weighted by molar-refractivity contribution is 6.51. The number of ether oxygens (including phenoxy) is 1. The van der Waals surface area contributed by atoms with Crippen molar-refractivity contribution in [3.05, 3.63) is 89.3 Å². The molecule has 34 heavy (non-hydrogen) atoms. The zero-order chi connectivity index (χ0) is 24.5. The summed E-state index contributed by atoms with van der Waals surface area (Å²) in [6.45, 7) is 8.72. The number of aliphatic hydroxyl groups is 1. The van der Waals surface area contributed by atoms with Crippen LogP contribution in [-0.4, -0.2) is 33.4 Å². The molecule has 0 saturated carbocycles. The number of aromatic nitrogens is 2. The number of anilines is 1. The molecule has 1 aliphatic heterocycles. The summed E-state index contributed by atoms with van der Waals surface area (Å²) in [5, 5.41) is 11.2. The van der Waals surface area contributed by atoms with Gasteiger partial charge in [0.25, 0.3) is 5.78 Å². The number of rotatable bonds is 5. The minimum absolute atomic E-state index is 0.00915. The Morgan fingerprint density at radius 3 is 2.18 bits per heavy atom. The molecule has 1 unspecified atom stereocenters. The number of aliphatic hydroxyl groups excluding tert-OH is 1. The number of hydrogen-bond donors (Lipinski definition) is 1. The summed E-state index contributed by atoms with van der Waals surface area (Å²) in [4.78, 5) is 36.0. The lowest BCUT2D eigenvalue weighted by Gasteiger charge is -2.25. The number of benzene rings is 2. The van der Waals surface area contributed by atoms with E-state index in [2.05, 4.69) is 30.7 Å². The highest BCUT2D eigenvalue weighted by Crippen LogP contribution is 2.41. The standard InChI is InChI=1S/C27H27N3O4/c1-5-34-20-13-9-18(10-14-20)23(31)21-22(17-7-11-19(12-8-17)27(2,3)4)30(25(33)24(21)32)26-28-15-6-16-29-26/h6-16,22,31H,5H2,1-4H3/b23-21-. The van der Waals surface area contributed by atoms with E-state index in [1.54, 1.807) is 30.3 Å². The summed E-state index contributed by atoms with van der Waals surface area (Å²) < 4.78 is 5.46. The summed E-state index contributed by atoms with van der Waals surface area (Å²) in [6, 6.07) is 15.2. The molecule has 1 amide bonds. The molecule has 7 nitrogen and oxygen atoms in total. The van der Waals surface area contributed by atoms with E-state index < -0.39 is 17.7 Å². The topological polar surface area (TPSA) is 92.6 Å². The fraction of sp³-hybridized carbons (Fsp3) is 0.259.